The van der Waals surface area contributed by atoms with Crippen molar-refractivity contribution in [3.63, 3.8) is 0 Å². The summed E-state index contributed by atoms with van der Waals surface area (Å²) in [6.45, 7) is 4.29. The summed E-state index contributed by atoms with van der Waals surface area (Å²) < 4.78 is 1.27. The van der Waals surface area contributed by atoms with Crippen molar-refractivity contribution < 1.29 is 5.11 Å². The van der Waals surface area contributed by atoms with Crippen molar-refractivity contribution in [1.82, 2.24) is 0 Å². The van der Waals surface area contributed by atoms with Crippen LogP contribution in [-0.2, 0) is 0 Å². The Labute approximate surface area is 101 Å². The van der Waals surface area contributed by atoms with Crippen LogP contribution in [0.25, 0.3) is 10.1 Å². The third-order valence-electron chi connectivity index (χ3n) is 3.23. The van der Waals surface area contributed by atoms with Gasteiger partial charge in [0.05, 0.1) is 6.10 Å². The number of aliphatic hydroxyl groups excluding tert-OH is 1. The molecule has 1 N–H and O–H groups in total. The van der Waals surface area contributed by atoms with Crippen LogP contribution in [0.1, 0.15) is 37.7 Å². The Morgan fingerprint density at radius 1 is 1.19 bits per heavy atom. The number of fused-ring (bicyclic) bond motifs is 1. The van der Waals surface area contributed by atoms with Gasteiger partial charge in [0, 0.05) is 9.58 Å². The fourth-order valence-corrected chi connectivity index (χ4v) is 3.26. The molecule has 0 spiro atoms. The molecule has 1 aromatic heterocycles. The topological polar surface area (TPSA) is 20.2 Å². The third kappa shape index (κ3) is 2.13. The SMILES string of the molecule is CCC(CC)C(O)c1cc2ccccc2s1. The van der Waals surface area contributed by atoms with Gasteiger partial charge in [0.1, 0.15) is 0 Å². The van der Waals surface area contributed by atoms with E-state index in [1.54, 1.807) is 11.3 Å². The lowest BCUT2D eigenvalue weighted by atomic mass is 9.95. The number of hydrogen-bond acceptors (Lipinski definition) is 2. The van der Waals surface area contributed by atoms with Crippen molar-refractivity contribution in [1.29, 1.82) is 0 Å². The molecule has 0 bridgehead atoms. The van der Waals surface area contributed by atoms with E-state index in [4.69, 9.17) is 0 Å². The van der Waals surface area contributed by atoms with E-state index in [1.165, 1.54) is 10.1 Å². The molecular formula is C14H18OS. The maximum absolute atomic E-state index is 10.3. The van der Waals surface area contributed by atoms with Crippen LogP contribution in [0.15, 0.2) is 30.3 Å². The highest BCUT2D eigenvalue weighted by Crippen LogP contribution is 2.35. The molecule has 2 aromatic rings. The molecule has 2 heteroatoms. The molecule has 1 nitrogen and oxygen atoms in total. The molecule has 1 aromatic carbocycles. The van der Waals surface area contributed by atoms with E-state index < -0.39 is 0 Å². The molecule has 0 aliphatic rings. The summed E-state index contributed by atoms with van der Waals surface area (Å²) in [7, 11) is 0. The first-order valence-corrected chi connectivity index (χ1v) is 6.74. The van der Waals surface area contributed by atoms with E-state index in [9.17, 15) is 5.11 Å². The largest absolute Gasteiger partial charge is 0.387 e. The molecule has 0 aliphatic heterocycles. The molecule has 1 atom stereocenters. The van der Waals surface area contributed by atoms with Crippen molar-refractivity contribution in [2.75, 3.05) is 0 Å². The van der Waals surface area contributed by atoms with Crippen LogP contribution >= 0.6 is 11.3 Å². The van der Waals surface area contributed by atoms with Crippen LogP contribution in [0, 0.1) is 5.92 Å². The number of benzene rings is 1. The lowest BCUT2D eigenvalue weighted by molar-refractivity contribution is 0.107. The van der Waals surface area contributed by atoms with E-state index in [0.717, 1.165) is 17.7 Å². The monoisotopic (exact) mass is 234 g/mol. The molecule has 0 radical (unpaired) electrons. The van der Waals surface area contributed by atoms with E-state index >= 15 is 0 Å². The Bertz CT molecular complexity index is 423. The standard InChI is InChI=1S/C14H18OS/c1-3-10(4-2)14(15)13-9-11-7-5-6-8-12(11)16-13/h5-10,14-15H,3-4H2,1-2H3. The van der Waals surface area contributed by atoms with Gasteiger partial charge in [-0.1, -0.05) is 44.9 Å². The van der Waals surface area contributed by atoms with Gasteiger partial charge in [0.25, 0.3) is 0 Å². The first-order chi connectivity index (χ1) is 7.76. The lowest BCUT2D eigenvalue weighted by Crippen LogP contribution is -2.09. The Hall–Kier alpha value is -0.860. The van der Waals surface area contributed by atoms with Gasteiger partial charge in [-0.15, -0.1) is 11.3 Å². The minimum Gasteiger partial charge on any atom is -0.387 e. The predicted molar refractivity (Wildman–Crippen MR) is 70.9 cm³/mol. The van der Waals surface area contributed by atoms with Gasteiger partial charge in [-0.05, 0) is 23.4 Å². The van der Waals surface area contributed by atoms with Gasteiger partial charge in [-0.2, -0.15) is 0 Å². The minimum atomic E-state index is -0.299. The van der Waals surface area contributed by atoms with E-state index in [1.807, 2.05) is 12.1 Å². The van der Waals surface area contributed by atoms with Crippen molar-refractivity contribution in [2.45, 2.75) is 32.8 Å². The highest BCUT2D eigenvalue weighted by atomic mass is 32.1. The molecule has 0 amide bonds. The fourth-order valence-electron chi connectivity index (χ4n) is 2.12. The number of hydrogen-bond donors (Lipinski definition) is 1. The van der Waals surface area contributed by atoms with Crippen LogP contribution in [0.3, 0.4) is 0 Å². The maximum Gasteiger partial charge on any atom is 0.0910 e. The van der Waals surface area contributed by atoms with Crippen LogP contribution in [0.2, 0.25) is 0 Å². The second-order valence-electron chi connectivity index (χ2n) is 4.21. The quantitative estimate of drug-likeness (QED) is 0.832. The summed E-state index contributed by atoms with van der Waals surface area (Å²) in [5.41, 5.74) is 0. The van der Waals surface area contributed by atoms with Gasteiger partial charge >= 0.3 is 0 Å². The van der Waals surface area contributed by atoms with Gasteiger partial charge < -0.3 is 5.11 Å². The molecule has 86 valence electrons. The Balaban J connectivity index is 2.32. The molecule has 1 unspecified atom stereocenters. The molecule has 0 fully saturated rings. The van der Waals surface area contributed by atoms with E-state index in [-0.39, 0.29) is 6.10 Å². The van der Waals surface area contributed by atoms with Crippen molar-refractivity contribution in [3.8, 4) is 0 Å². The van der Waals surface area contributed by atoms with E-state index in [2.05, 4.69) is 32.0 Å². The van der Waals surface area contributed by atoms with Gasteiger partial charge in [0.15, 0.2) is 0 Å². The number of rotatable bonds is 4. The Morgan fingerprint density at radius 3 is 2.50 bits per heavy atom. The zero-order chi connectivity index (χ0) is 11.5. The van der Waals surface area contributed by atoms with Gasteiger partial charge in [-0.3, -0.25) is 0 Å². The average molecular weight is 234 g/mol. The minimum absolute atomic E-state index is 0.299. The Kier molecular flexibility index (Phi) is 3.62. The Morgan fingerprint density at radius 2 is 1.88 bits per heavy atom. The average Bonchev–Trinajstić information content (AvgIpc) is 2.74. The second-order valence-corrected chi connectivity index (χ2v) is 5.32. The summed E-state index contributed by atoms with van der Waals surface area (Å²) in [5, 5.41) is 11.5. The maximum atomic E-state index is 10.3. The second kappa shape index (κ2) is 4.98. The summed E-state index contributed by atoms with van der Waals surface area (Å²) in [6, 6.07) is 10.4. The normalized spacial score (nSPS) is 13.5. The van der Waals surface area contributed by atoms with Crippen molar-refractivity contribution in [2.24, 2.45) is 5.92 Å². The van der Waals surface area contributed by atoms with Crippen LogP contribution in [0.5, 0.6) is 0 Å². The first-order valence-electron chi connectivity index (χ1n) is 5.92. The first kappa shape index (κ1) is 11.6. The lowest BCUT2D eigenvalue weighted by Gasteiger charge is -2.18. The number of thiophene rings is 1. The fraction of sp³-hybridized carbons (Fsp3) is 0.429. The zero-order valence-electron chi connectivity index (χ0n) is 9.81. The third-order valence-corrected chi connectivity index (χ3v) is 4.42. The molecular weight excluding hydrogens is 216 g/mol. The zero-order valence-corrected chi connectivity index (χ0v) is 10.6. The molecule has 1 heterocycles. The number of aliphatic hydroxyl groups is 1. The van der Waals surface area contributed by atoms with Gasteiger partial charge in [0.2, 0.25) is 0 Å². The highest BCUT2D eigenvalue weighted by molar-refractivity contribution is 7.19. The molecule has 2 rings (SSSR count). The summed E-state index contributed by atoms with van der Waals surface area (Å²) in [5.74, 6) is 0.382. The molecule has 0 saturated carbocycles. The molecule has 16 heavy (non-hydrogen) atoms. The summed E-state index contributed by atoms with van der Waals surface area (Å²) in [4.78, 5) is 1.11. The van der Waals surface area contributed by atoms with E-state index in [0.29, 0.717) is 5.92 Å². The van der Waals surface area contributed by atoms with Crippen LogP contribution < -0.4 is 0 Å². The van der Waals surface area contributed by atoms with Crippen molar-refractivity contribution in [3.05, 3.63) is 35.2 Å². The van der Waals surface area contributed by atoms with Crippen molar-refractivity contribution >= 4 is 21.4 Å². The summed E-state index contributed by atoms with van der Waals surface area (Å²) >= 11 is 1.71. The molecule has 0 aliphatic carbocycles. The van der Waals surface area contributed by atoms with Crippen LogP contribution in [-0.4, -0.2) is 5.11 Å². The molecule has 0 saturated heterocycles. The highest BCUT2D eigenvalue weighted by Gasteiger charge is 2.19. The van der Waals surface area contributed by atoms with Gasteiger partial charge in [-0.25, -0.2) is 0 Å². The smallest absolute Gasteiger partial charge is 0.0910 e. The predicted octanol–water partition coefficient (Wildman–Crippen LogP) is 4.37. The van der Waals surface area contributed by atoms with Crippen LogP contribution in [0.4, 0.5) is 0 Å². The summed E-state index contributed by atoms with van der Waals surface area (Å²) in [6.07, 6.45) is 1.77.